The van der Waals surface area contributed by atoms with Crippen molar-refractivity contribution in [3.8, 4) is 0 Å². The van der Waals surface area contributed by atoms with Crippen molar-refractivity contribution in [2.24, 2.45) is 16.2 Å². The highest BCUT2D eigenvalue weighted by Gasteiger charge is 2.35. The molecule has 0 aliphatic rings. The molecule has 0 aromatic heterocycles. The van der Waals surface area contributed by atoms with Gasteiger partial charge in [-0.25, -0.2) is 24.0 Å². The van der Waals surface area contributed by atoms with Gasteiger partial charge in [0.05, 0.1) is 43.9 Å². The van der Waals surface area contributed by atoms with Crippen LogP contribution in [0.5, 0.6) is 0 Å². The average Bonchev–Trinajstić information content (AvgIpc) is 3.42. The molecule has 23 heteroatoms. The molecule has 0 saturated carbocycles. The lowest BCUT2D eigenvalue weighted by Crippen LogP contribution is -2.39. The Morgan fingerprint density at radius 3 is 0.905 bits per heavy atom. The first-order valence-corrected chi connectivity index (χ1v) is 22.9. The molecule has 0 atom stereocenters. The smallest absolute Gasteiger partial charge is 0.332 e. The topological polar surface area (TPSA) is 355 Å². The second kappa shape index (κ2) is 48.3. The lowest BCUT2D eigenvalue weighted by atomic mass is 9.88. The summed E-state index contributed by atoms with van der Waals surface area (Å²) in [5, 5.41) is 67.1. The number of aliphatic hydroxyl groups excluding tert-OH is 7. The lowest BCUT2D eigenvalue weighted by molar-refractivity contribution is -0.167. The Kier molecular flexibility index (Phi) is 50.5. The van der Waals surface area contributed by atoms with Gasteiger partial charge in [0.1, 0.15) is 72.7 Å². The molecule has 0 fully saturated rings. The van der Waals surface area contributed by atoms with Crippen molar-refractivity contribution in [3.63, 3.8) is 0 Å². The number of carboxylic acids is 1. The molecule has 0 amide bonds. The molecule has 23 nitrogen and oxygen atoms in total. The van der Waals surface area contributed by atoms with Crippen molar-refractivity contribution >= 4 is 41.8 Å². The molecule has 2 aromatic rings. The van der Waals surface area contributed by atoms with E-state index in [0.717, 1.165) is 18.2 Å². The van der Waals surface area contributed by atoms with Crippen molar-refractivity contribution in [1.29, 1.82) is 0 Å². The summed E-state index contributed by atoms with van der Waals surface area (Å²) < 4.78 is 40.4. The molecule has 0 aliphatic carbocycles. The molecule has 0 aliphatic heterocycles. The molecular formula is C51H86O23. The zero-order valence-electron chi connectivity index (χ0n) is 42.3. The molecule has 74 heavy (non-hydrogen) atoms. The highest BCUT2D eigenvalue weighted by Crippen LogP contribution is 2.26. The number of carbonyl (C=O) groups excluding carboxylic acids is 6. The van der Waals surface area contributed by atoms with Gasteiger partial charge in [-0.1, -0.05) is 110 Å². The van der Waals surface area contributed by atoms with Crippen LogP contribution >= 0.6 is 0 Å². The fraction of sp³-hybridized carbons (Fsp3) is 0.627. The summed E-state index contributed by atoms with van der Waals surface area (Å²) in [5.41, 5.74) is -0.541. The Morgan fingerprint density at radius 1 is 0.405 bits per heavy atom. The molecule has 0 unspecified atom stereocenters. The highest BCUT2D eigenvalue weighted by atomic mass is 16.6. The first-order valence-electron chi connectivity index (χ1n) is 22.9. The van der Waals surface area contributed by atoms with Crippen LogP contribution in [0.1, 0.15) is 92.7 Å². The minimum absolute atomic E-state index is 0. The largest absolute Gasteiger partial charge is 0.480 e. The van der Waals surface area contributed by atoms with Crippen LogP contribution < -0.4 is 0 Å². The standard InChI is InChI=1S/C21H30O7.C12H20O9.C9H10O3.C6H14O3.CH4O.2CH4/c1-4-18(22)26-14-21(6-3,15-27-19(23)5-2)16-28-20(24)13-25-12-17-10-8-7-9-11-17;1-2-12(6-19-9(16)3-13,7-20-10(17)4-14)8-21-11(18)5-15;10-9(11)7-12-6-8-4-2-1-3-5-8;1-2-6(3-7,4-8)5-9;1-2;;/h7-11H,4-6,12-16H2,1-3H3;13-15H,2-8H2,1H3;1-5H,6-7H2,(H,10,11);7-9H,2-5H2,1H3;2H,1H3;2*1H4. The van der Waals surface area contributed by atoms with E-state index in [2.05, 4.69) is 0 Å². The maximum absolute atomic E-state index is 12.0. The monoisotopic (exact) mass is 1070 g/mol. The van der Waals surface area contributed by atoms with Gasteiger partial charge in [0.25, 0.3) is 0 Å². The average molecular weight is 1070 g/mol. The third kappa shape index (κ3) is 38.0. The van der Waals surface area contributed by atoms with Crippen molar-refractivity contribution in [1.82, 2.24) is 0 Å². The Bertz CT molecular complexity index is 1650. The Hall–Kier alpha value is -5.63. The first kappa shape index (κ1) is 77.3. The van der Waals surface area contributed by atoms with Crippen LogP contribution in [0, 0.1) is 16.2 Å². The van der Waals surface area contributed by atoms with Crippen molar-refractivity contribution in [2.45, 2.75) is 94.8 Å². The van der Waals surface area contributed by atoms with E-state index in [1.165, 1.54) is 0 Å². The Labute approximate surface area is 435 Å². The molecule has 0 spiro atoms. The molecule has 2 aromatic carbocycles. The van der Waals surface area contributed by atoms with Crippen molar-refractivity contribution in [3.05, 3.63) is 71.8 Å². The number of carbonyl (C=O) groups is 7. The van der Waals surface area contributed by atoms with Gasteiger partial charge in [-0.15, -0.1) is 0 Å². The molecule has 0 radical (unpaired) electrons. The summed E-state index contributed by atoms with van der Waals surface area (Å²) in [7, 11) is 1.00. The number of ether oxygens (including phenoxy) is 8. The van der Waals surface area contributed by atoms with Crippen LogP contribution in [-0.4, -0.2) is 182 Å². The summed E-state index contributed by atoms with van der Waals surface area (Å²) in [4.78, 5) is 78.1. The number of hydrogen-bond acceptors (Lipinski definition) is 22. The van der Waals surface area contributed by atoms with E-state index in [9.17, 15) is 33.6 Å². The number of aliphatic carboxylic acids is 1. The zero-order valence-corrected chi connectivity index (χ0v) is 42.3. The number of aliphatic hydroxyl groups is 7. The molecule has 0 saturated heterocycles. The van der Waals surface area contributed by atoms with Crippen LogP contribution in [-0.2, 0) is 84.7 Å². The van der Waals surface area contributed by atoms with Gasteiger partial charge in [0.15, 0.2) is 0 Å². The quantitative estimate of drug-likeness (QED) is 0.0397. The summed E-state index contributed by atoms with van der Waals surface area (Å²) in [6.07, 6.45) is 1.88. The van der Waals surface area contributed by atoms with Gasteiger partial charge in [-0.2, -0.15) is 0 Å². The number of esters is 6. The van der Waals surface area contributed by atoms with Crippen molar-refractivity contribution < 1.29 is 112 Å². The van der Waals surface area contributed by atoms with E-state index in [4.69, 9.17) is 78.7 Å². The van der Waals surface area contributed by atoms with Crippen molar-refractivity contribution in [2.75, 3.05) is 99.6 Å². The normalized spacial score (nSPS) is 10.3. The van der Waals surface area contributed by atoms with Crippen LogP contribution in [0.4, 0.5) is 0 Å². The Morgan fingerprint density at radius 2 is 0.676 bits per heavy atom. The molecule has 0 bridgehead atoms. The summed E-state index contributed by atoms with van der Waals surface area (Å²) in [6, 6.07) is 18.9. The van der Waals surface area contributed by atoms with Gasteiger partial charge in [0.2, 0.25) is 0 Å². The molecule has 8 N–H and O–H groups in total. The predicted molar refractivity (Wildman–Crippen MR) is 268 cm³/mol. The van der Waals surface area contributed by atoms with Gasteiger partial charge in [-0.05, 0) is 30.4 Å². The maximum Gasteiger partial charge on any atom is 0.332 e. The zero-order chi connectivity index (χ0) is 55.3. The molecule has 428 valence electrons. The second-order valence-corrected chi connectivity index (χ2v) is 15.5. The van der Waals surface area contributed by atoms with Gasteiger partial charge >= 0.3 is 41.8 Å². The van der Waals surface area contributed by atoms with E-state index in [-0.39, 0.29) is 112 Å². The maximum atomic E-state index is 12.0. The predicted octanol–water partition coefficient (Wildman–Crippen LogP) is 2.57. The third-order valence-corrected chi connectivity index (χ3v) is 10.1. The Balaban J connectivity index is -0.000000303. The van der Waals surface area contributed by atoms with E-state index < -0.39 is 65.9 Å². The van der Waals surface area contributed by atoms with Gasteiger partial charge in [-0.3, -0.25) is 9.59 Å². The van der Waals surface area contributed by atoms with E-state index in [1.807, 2.05) is 74.5 Å². The van der Waals surface area contributed by atoms with Crippen LogP contribution in [0.2, 0.25) is 0 Å². The second-order valence-electron chi connectivity index (χ2n) is 15.5. The molecule has 2 rings (SSSR count). The van der Waals surface area contributed by atoms with Crippen LogP contribution in [0.15, 0.2) is 60.7 Å². The number of benzene rings is 2. The van der Waals surface area contributed by atoms with E-state index in [1.54, 1.807) is 20.8 Å². The number of carboxylic acid groups (broad SMARTS) is 1. The van der Waals surface area contributed by atoms with Gasteiger partial charge < -0.3 is 78.7 Å². The van der Waals surface area contributed by atoms with Crippen LogP contribution in [0.25, 0.3) is 0 Å². The highest BCUT2D eigenvalue weighted by molar-refractivity contribution is 5.72. The lowest BCUT2D eigenvalue weighted by Gasteiger charge is -2.31. The third-order valence-electron chi connectivity index (χ3n) is 10.1. The SMILES string of the molecule is C.C.CCC(=O)OCC(CC)(COC(=O)CC)COC(=O)COCc1ccccc1.CCC(CO)(CO)CO.CCC(COC(=O)CO)(COC(=O)CO)COC(=O)CO.CO.O=C(O)COCc1ccccc1. The number of rotatable bonds is 31. The molecular weight excluding hydrogens is 981 g/mol. The summed E-state index contributed by atoms with van der Waals surface area (Å²) in [6.45, 7) is 5.25. The summed E-state index contributed by atoms with van der Waals surface area (Å²) >= 11 is 0. The van der Waals surface area contributed by atoms with Crippen LogP contribution in [0.3, 0.4) is 0 Å². The van der Waals surface area contributed by atoms with Gasteiger partial charge in [0, 0.05) is 25.4 Å². The fourth-order valence-electron chi connectivity index (χ4n) is 4.79. The van der Waals surface area contributed by atoms with E-state index >= 15 is 0 Å². The molecule has 0 heterocycles. The number of hydrogen-bond donors (Lipinski definition) is 8. The minimum Gasteiger partial charge on any atom is -0.480 e. The van der Waals surface area contributed by atoms with E-state index in [0.29, 0.717) is 32.5 Å². The summed E-state index contributed by atoms with van der Waals surface area (Å²) in [5.74, 6) is -4.84. The first-order chi connectivity index (χ1) is 34.4. The minimum atomic E-state index is -1.03. The fourth-order valence-corrected chi connectivity index (χ4v) is 4.79.